The SMILES string of the molecule is CCCCNC(=O)C1=CC(Cc2ccc(C(N)=O)cc2)C(=O)C2=C1SCN2NC(=O)OC(C)(C)C. The van der Waals surface area contributed by atoms with Crippen LogP contribution in [-0.2, 0) is 20.7 Å². The quantitative estimate of drug-likeness (QED) is 0.468. The summed E-state index contributed by atoms with van der Waals surface area (Å²) in [7, 11) is 0. The highest BCUT2D eigenvalue weighted by Crippen LogP contribution is 2.42. The first-order chi connectivity index (χ1) is 16.5. The molecule has 0 saturated carbocycles. The number of Topliss-reactive ketones (excluding diaryl/α,β-unsaturated/α-hetero) is 1. The number of carbonyl (C=O) groups is 4. The van der Waals surface area contributed by atoms with Gasteiger partial charge in [-0.05, 0) is 51.3 Å². The van der Waals surface area contributed by atoms with Crippen molar-refractivity contribution in [2.45, 2.75) is 52.6 Å². The van der Waals surface area contributed by atoms with E-state index in [4.69, 9.17) is 10.5 Å². The van der Waals surface area contributed by atoms with Crippen LogP contribution in [0, 0.1) is 5.92 Å². The topological polar surface area (TPSA) is 131 Å². The third-order valence-corrected chi connectivity index (χ3v) is 6.47. The molecule has 0 aromatic heterocycles. The van der Waals surface area contributed by atoms with E-state index < -0.39 is 23.5 Å². The van der Waals surface area contributed by atoms with Gasteiger partial charge >= 0.3 is 6.09 Å². The van der Waals surface area contributed by atoms with E-state index in [0.29, 0.717) is 29.0 Å². The van der Waals surface area contributed by atoms with Gasteiger partial charge < -0.3 is 15.8 Å². The number of hydrogen-bond acceptors (Lipinski definition) is 7. The number of primary amides is 1. The molecular formula is C25H32N4O5S. The molecule has 0 bridgehead atoms. The summed E-state index contributed by atoms with van der Waals surface area (Å²) in [6.45, 7) is 7.83. The predicted molar refractivity (Wildman–Crippen MR) is 134 cm³/mol. The minimum Gasteiger partial charge on any atom is -0.443 e. The molecule has 4 N–H and O–H groups in total. The number of carbonyl (C=O) groups excluding carboxylic acids is 4. The van der Waals surface area contributed by atoms with Crippen LogP contribution in [0.1, 0.15) is 56.5 Å². The predicted octanol–water partition coefficient (Wildman–Crippen LogP) is 3.03. The Morgan fingerprint density at radius 1 is 1.20 bits per heavy atom. The lowest BCUT2D eigenvalue weighted by molar-refractivity contribution is -0.119. The van der Waals surface area contributed by atoms with E-state index in [2.05, 4.69) is 10.7 Å². The Labute approximate surface area is 209 Å². The van der Waals surface area contributed by atoms with Gasteiger partial charge in [0.1, 0.15) is 11.3 Å². The van der Waals surface area contributed by atoms with Gasteiger partial charge in [-0.2, -0.15) is 0 Å². The molecule has 10 heteroatoms. The zero-order valence-corrected chi connectivity index (χ0v) is 21.3. The van der Waals surface area contributed by atoms with Gasteiger partial charge in [0.25, 0.3) is 5.91 Å². The molecule has 1 aromatic carbocycles. The van der Waals surface area contributed by atoms with Crippen LogP contribution < -0.4 is 16.5 Å². The van der Waals surface area contributed by atoms with E-state index >= 15 is 0 Å². The number of nitrogens with one attached hydrogen (secondary N) is 2. The zero-order valence-electron chi connectivity index (χ0n) is 20.5. The number of thioether (sulfide) groups is 1. The highest BCUT2D eigenvalue weighted by molar-refractivity contribution is 8.03. The van der Waals surface area contributed by atoms with E-state index in [-0.39, 0.29) is 23.3 Å². The molecular weight excluding hydrogens is 468 g/mol. The second-order valence-electron chi connectivity index (χ2n) is 9.42. The number of nitrogens with zero attached hydrogens (tertiary/aromatic N) is 1. The Bertz CT molecular complexity index is 1070. The maximum atomic E-state index is 13.5. The van der Waals surface area contributed by atoms with Gasteiger partial charge in [-0.1, -0.05) is 43.3 Å². The number of ketones is 1. The summed E-state index contributed by atoms with van der Waals surface area (Å²) >= 11 is 1.32. The van der Waals surface area contributed by atoms with Crippen LogP contribution in [0.15, 0.2) is 46.5 Å². The van der Waals surface area contributed by atoms with Gasteiger partial charge in [-0.3, -0.25) is 19.4 Å². The summed E-state index contributed by atoms with van der Waals surface area (Å²) in [4.78, 5) is 50.9. The van der Waals surface area contributed by atoms with Crippen molar-refractivity contribution in [2.75, 3.05) is 12.4 Å². The Morgan fingerprint density at radius 2 is 1.89 bits per heavy atom. The molecule has 1 unspecified atom stereocenters. The molecule has 188 valence electrons. The summed E-state index contributed by atoms with van der Waals surface area (Å²) in [6.07, 6.45) is 3.14. The summed E-state index contributed by atoms with van der Waals surface area (Å²) in [5, 5.41) is 4.37. The maximum absolute atomic E-state index is 13.5. The largest absolute Gasteiger partial charge is 0.443 e. The minimum atomic E-state index is -0.700. The fourth-order valence-corrected chi connectivity index (χ4v) is 4.84. The van der Waals surface area contributed by atoms with Gasteiger partial charge in [-0.25, -0.2) is 10.2 Å². The lowest BCUT2D eigenvalue weighted by Gasteiger charge is -2.28. The maximum Gasteiger partial charge on any atom is 0.426 e. The van der Waals surface area contributed by atoms with Crippen LogP contribution in [0.25, 0.3) is 0 Å². The van der Waals surface area contributed by atoms with Crippen LogP contribution in [0.4, 0.5) is 4.79 Å². The van der Waals surface area contributed by atoms with E-state index in [0.717, 1.165) is 18.4 Å². The molecule has 1 aromatic rings. The van der Waals surface area contributed by atoms with E-state index in [1.807, 2.05) is 6.92 Å². The normalized spacial score (nSPS) is 17.6. The van der Waals surface area contributed by atoms with Crippen molar-refractivity contribution in [1.82, 2.24) is 15.8 Å². The second kappa shape index (κ2) is 11.0. The fourth-order valence-electron chi connectivity index (χ4n) is 3.73. The van der Waals surface area contributed by atoms with Crippen molar-refractivity contribution in [3.8, 4) is 0 Å². The number of hydrogen-bond donors (Lipinski definition) is 3. The molecule has 9 nitrogen and oxygen atoms in total. The first kappa shape index (κ1) is 26.3. The summed E-state index contributed by atoms with van der Waals surface area (Å²) in [5.41, 5.74) is 9.16. The van der Waals surface area contributed by atoms with Crippen molar-refractivity contribution in [3.05, 3.63) is 57.6 Å². The van der Waals surface area contributed by atoms with Crippen LogP contribution in [-0.4, -0.2) is 46.7 Å². The van der Waals surface area contributed by atoms with E-state index in [9.17, 15) is 19.2 Å². The van der Waals surface area contributed by atoms with Crippen molar-refractivity contribution < 1.29 is 23.9 Å². The average molecular weight is 501 g/mol. The first-order valence-electron chi connectivity index (χ1n) is 11.6. The third kappa shape index (κ3) is 6.66. The van der Waals surface area contributed by atoms with Crippen LogP contribution >= 0.6 is 11.8 Å². The van der Waals surface area contributed by atoms with Gasteiger partial charge in [0, 0.05) is 18.0 Å². The van der Waals surface area contributed by atoms with E-state index in [1.165, 1.54) is 16.8 Å². The molecule has 0 spiro atoms. The molecule has 3 rings (SSSR count). The number of unbranched alkanes of at least 4 members (excludes halogenated alkanes) is 1. The Hall–Kier alpha value is -3.27. The number of nitrogens with two attached hydrogens (primary N) is 1. The molecule has 1 aliphatic heterocycles. The second-order valence-corrected chi connectivity index (χ2v) is 10.4. The van der Waals surface area contributed by atoms with Crippen LogP contribution in [0.5, 0.6) is 0 Å². The lowest BCUT2D eigenvalue weighted by Crippen LogP contribution is -2.45. The standard InChI is InChI=1S/C25H32N4O5S/c1-5-6-11-27-23(32)18-13-17(12-15-7-9-16(10-8-15)22(26)31)20(30)19-21(18)35-14-29(19)28-24(33)34-25(2,3)4/h7-10,13,17H,5-6,11-12,14H2,1-4H3,(H2,26,31)(H,27,32)(H,28,33). The minimum absolute atomic E-state index is 0.204. The van der Waals surface area contributed by atoms with Gasteiger partial charge in [0.05, 0.1) is 16.4 Å². The molecule has 1 heterocycles. The number of hydrazine groups is 1. The zero-order chi connectivity index (χ0) is 25.8. The molecule has 2 aliphatic rings. The van der Waals surface area contributed by atoms with Gasteiger partial charge in [0.2, 0.25) is 5.91 Å². The summed E-state index contributed by atoms with van der Waals surface area (Å²) in [6, 6.07) is 6.71. The molecule has 1 aliphatic carbocycles. The fraction of sp³-hybridized carbons (Fsp3) is 0.440. The molecule has 1 atom stereocenters. The molecule has 0 saturated heterocycles. The van der Waals surface area contributed by atoms with Crippen molar-refractivity contribution in [1.29, 1.82) is 0 Å². The third-order valence-electron chi connectivity index (χ3n) is 5.39. The Morgan fingerprint density at radius 3 is 2.49 bits per heavy atom. The number of allylic oxidation sites excluding steroid dienone is 2. The molecule has 35 heavy (non-hydrogen) atoms. The lowest BCUT2D eigenvalue weighted by atomic mass is 9.86. The van der Waals surface area contributed by atoms with Crippen molar-refractivity contribution >= 4 is 35.5 Å². The number of ether oxygens (including phenoxy) is 1. The number of rotatable bonds is 8. The highest BCUT2D eigenvalue weighted by atomic mass is 32.2. The highest BCUT2D eigenvalue weighted by Gasteiger charge is 2.40. The monoisotopic (exact) mass is 500 g/mol. The molecule has 0 radical (unpaired) electrons. The smallest absolute Gasteiger partial charge is 0.426 e. The number of benzene rings is 1. The van der Waals surface area contributed by atoms with Gasteiger partial charge in [-0.15, -0.1) is 0 Å². The average Bonchev–Trinajstić information content (AvgIpc) is 3.18. The molecule has 3 amide bonds. The molecule has 0 fully saturated rings. The summed E-state index contributed by atoms with van der Waals surface area (Å²) in [5.74, 6) is -1.33. The Balaban J connectivity index is 1.88. The van der Waals surface area contributed by atoms with Crippen LogP contribution in [0.3, 0.4) is 0 Å². The summed E-state index contributed by atoms with van der Waals surface area (Å²) < 4.78 is 5.34. The van der Waals surface area contributed by atoms with Crippen LogP contribution in [0.2, 0.25) is 0 Å². The Kier molecular flexibility index (Phi) is 8.26. The van der Waals surface area contributed by atoms with E-state index in [1.54, 1.807) is 51.1 Å². The first-order valence-corrected chi connectivity index (χ1v) is 12.6. The van der Waals surface area contributed by atoms with Crippen molar-refractivity contribution in [3.63, 3.8) is 0 Å². The van der Waals surface area contributed by atoms with Crippen molar-refractivity contribution in [2.24, 2.45) is 11.7 Å². The van der Waals surface area contributed by atoms with Gasteiger partial charge in [0.15, 0.2) is 5.78 Å². The number of amides is 3.